The molecular formula is C15H27N3O2. The molecule has 0 aromatic carbocycles. The largest absolute Gasteiger partial charge is 0.468 e. The first-order valence-corrected chi connectivity index (χ1v) is 7.94. The van der Waals surface area contributed by atoms with Crippen LogP contribution in [0, 0.1) is 0 Å². The Morgan fingerprint density at radius 3 is 2.75 bits per heavy atom. The van der Waals surface area contributed by atoms with Gasteiger partial charge in [-0.3, -0.25) is 14.6 Å². The van der Waals surface area contributed by atoms with Gasteiger partial charge in [0.05, 0.1) is 7.11 Å². The van der Waals surface area contributed by atoms with Gasteiger partial charge in [-0.2, -0.15) is 0 Å². The maximum absolute atomic E-state index is 12.1. The Hall–Kier alpha value is -0.650. The van der Waals surface area contributed by atoms with E-state index in [1.54, 1.807) is 0 Å². The van der Waals surface area contributed by atoms with Gasteiger partial charge in [-0.25, -0.2) is 0 Å². The summed E-state index contributed by atoms with van der Waals surface area (Å²) in [4.78, 5) is 17.3. The quantitative estimate of drug-likeness (QED) is 0.761. The molecule has 2 heterocycles. The van der Waals surface area contributed by atoms with Gasteiger partial charge in [0.25, 0.3) is 0 Å². The third-order valence-electron chi connectivity index (χ3n) is 5.68. The van der Waals surface area contributed by atoms with Crippen LogP contribution in [0.1, 0.15) is 32.1 Å². The highest BCUT2D eigenvalue weighted by Crippen LogP contribution is 2.35. The molecule has 1 saturated carbocycles. The summed E-state index contributed by atoms with van der Waals surface area (Å²) >= 11 is 0. The normalized spacial score (nSPS) is 38.9. The van der Waals surface area contributed by atoms with E-state index in [-0.39, 0.29) is 5.97 Å². The summed E-state index contributed by atoms with van der Waals surface area (Å²) in [5, 5.41) is 3.23. The maximum Gasteiger partial charge on any atom is 0.326 e. The van der Waals surface area contributed by atoms with E-state index in [1.807, 2.05) is 7.05 Å². The molecule has 0 spiro atoms. The van der Waals surface area contributed by atoms with Crippen molar-refractivity contribution in [2.45, 2.75) is 49.7 Å². The van der Waals surface area contributed by atoms with Gasteiger partial charge >= 0.3 is 5.97 Å². The fourth-order valence-corrected chi connectivity index (χ4v) is 4.39. The van der Waals surface area contributed by atoms with Crippen LogP contribution in [0.25, 0.3) is 0 Å². The Morgan fingerprint density at radius 2 is 2.00 bits per heavy atom. The average molecular weight is 281 g/mol. The Bertz CT molecular complexity index is 376. The van der Waals surface area contributed by atoms with Crippen molar-refractivity contribution < 1.29 is 9.53 Å². The number of methoxy groups -OCH3 is 1. The van der Waals surface area contributed by atoms with Crippen molar-refractivity contribution in [3.63, 3.8) is 0 Å². The second-order valence-corrected chi connectivity index (χ2v) is 6.55. The van der Waals surface area contributed by atoms with Gasteiger partial charge in [0, 0.05) is 31.7 Å². The molecule has 1 N–H and O–H groups in total. The lowest BCUT2D eigenvalue weighted by molar-refractivity contribution is -0.148. The summed E-state index contributed by atoms with van der Waals surface area (Å²) in [6.07, 6.45) is 5.58. The zero-order valence-electron chi connectivity index (χ0n) is 12.7. The number of fused-ring (bicyclic) bond motifs is 1. The molecule has 0 aromatic heterocycles. The smallest absolute Gasteiger partial charge is 0.326 e. The number of esters is 1. The fourth-order valence-electron chi connectivity index (χ4n) is 4.39. The number of carbonyl (C=O) groups excluding carboxylic acids is 1. The number of ether oxygens (including phenoxy) is 1. The lowest BCUT2D eigenvalue weighted by Crippen LogP contribution is -2.55. The first kappa shape index (κ1) is 14.3. The Labute approximate surface area is 121 Å². The highest BCUT2D eigenvalue weighted by atomic mass is 16.5. The van der Waals surface area contributed by atoms with Crippen molar-refractivity contribution in [2.24, 2.45) is 0 Å². The summed E-state index contributed by atoms with van der Waals surface area (Å²) in [6, 6.07) is 1.29. The van der Waals surface area contributed by atoms with Crippen molar-refractivity contribution in [2.75, 3.05) is 40.3 Å². The lowest BCUT2D eigenvalue weighted by Gasteiger charge is -2.41. The third-order valence-corrected chi connectivity index (χ3v) is 5.68. The van der Waals surface area contributed by atoms with Crippen molar-refractivity contribution in [1.29, 1.82) is 0 Å². The lowest BCUT2D eigenvalue weighted by atomic mass is 9.97. The van der Waals surface area contributed by atoms with Gasteiger partial charge in [-0.05, 0) is 45.7 Å². The van der Waals surface area contributed by atoms with Crippen LogP contribution in [0.3, 0.4) is 0 Å². The minimum Gasteiger partial charge on any atom is -0.468 e. The van der Waals surface area contributed by atoms with Gasteiger partial charge in [-0.15, -0.1) is 0 Å². The number of piperazine rings is 1. The van der Waals surface area contributed by atoms with Crippen LogP contribution in [0.15, 0.2) is 0 Å². The van der Waals surface area contributed by atoms with Crippen LogP contribution in [-0.2, 0) is 9.53 Å². The Balaban J connectivity index is 1.63. The summed E-state index contributed by atoms with van der Waals surface area (Å²) in [5.41, 5.74) is -0.452. The number of carbonyl (C=O) groups is 1. The molecule has 3 fully saturated rings. The van der Waals surface area contributed by atoms with Crippen LogP contribution in [-0.4, -0.2) is 73.7 Å². The summed E-state index contributed by atoms with van der Waals surface area (Å²) in [7, 11) is 3.38. The fraction of sp³-hybridized carbons (Fsp3) is 0.933. The zero-order chi connectivity index (χ0) is 14.2. The highest BCUT2D eigenvalue weighted by molar-refractivity contribution is 5.81. The molecule has 1 aliphatic carbocycles. The molecule has 0 radical (unpaired) electrons. The molecule has 2 aliphatic heterocycles. The number of rotatable bonds is 3. The minimum atomic E-state index is -0.452. The molecule has 0 aromatic rings. The predicted molar refractivity (Wildman–Crippen MR) is 77.6 cm³/mol. The second kappa shape index (κ2) is 5.62. The zero-order valence-corrected chi connectivity index (χ0v) is 12.7. The number of hydrogen-bond acceptors (Lipinski definition) is 5. The van der Waals surface area contributed by atoms with Crippen molar-refractivity contribution in [3.8, 4) is 0 Å². The highest BCUT2D eigenvalue weighted by Gasteiger charge is 2.47. The van der Waals surface area contributed by atoms with Gasteiger partial charge < -0.3 is 10.1 Å². The molecule has 114 valence electrons. The number of nitrogens with zero attached hydrogens (tertiary/aromatic N) is 2. The van der Waals surface area contributed by atoms with E-state index < -0.39 is 5.54 Å². The van der Waals surface area contributed by atoms with Crippen molar-refractivity contribution in [1.82, 2.24) is 15.1 Å². The third kappa shape index (κ3) is 2.36. The number of nitrogens with one attached hydrogen (secondary N) is 1. The molecule has 0 amide bonds. The molecule has 20 heavy (non-hydrogen) atoms. The summed E-state index contributed by atoms with van der Waals surface area (Å²) in [5.74, 6) is -0.0954. The molecule has 5 nitrogen and oxygen atoms in total. The van der Waals surface area contributed by atoms with Gasteiger partial charge in [-0.1, -0.05) is 0 Å². The van der Waals surface area contributed by atoms with E-state index in [4.69, 9.17) is 4.74 Å². The van der Waals surface area contributed by atoms with Gasteiger partial charge in [0.1, 0.15) is 5.54 Å². The second-order valence-electron chi connectivity index (χ2n) is 6.55. The van der Waals surface area contributed by atoms with Gasteiger partial charge in [0.15, 0.2) is 0 Å². The van der Waals surface area contributed by atoms with Crippen LogP contribution < -0.4 is 5.32 Å². The summed E-state index contributed by atoms with van der Waals surface area (Å²) < 4.78 is 5.01. The molecule has 2 saturated heterocycles. The molecule has 5 heteroatoms. The standard InChI is InChI=1S/C15H27N3O2/c1-16-15(14(19)20-2)6-5-12(10-15)18-9-8-17-7-3-4-13(17)11-18/h12-13,16H,3-11H2,1-2H3. The molecule has 3 atom stereocenters. The number of likely N-dealkylation sites (N-methyl/N-ethyl adjacent to an activating group) is 1. The maximum atomic E-state index is 12.1. The monoisotopic (exact) mass is 281 g/mol. The Kier molecular flexibility index (Phi) is 4.02. The van der Waals surface area contributed by atoms with E-state index in [0.29, 0.717) is 6.04 Å². The topological polar surface area (TPSA) is 44.8 Å². The first-order valence-electron chi connectivity index (χ1n) is 7.94. The molecule has 3 aliphatic rings. The molecule has 0 bridgehead atoms. The van der Waals surface area contributed by atoms with E-state index in [0.717, 1.165) is 31.8 Å². The molecular weight excluding hydrogens is 254 g/mol. The molecule has 3 unspecified atom stereocenters. The van der Waals surface area contributed by atoms with E-state index in [2.05, 4.69) is 15.1 Å². The van der Waals surface area contributed by atoms with Crippen LogP contribution in [0.2, 0.25) is 0 Å². The van der Waals surface area contributed by atoms with Crippen LogP contribution >= 0.6 is 0 Å². The first-order chi connectivity index (χ1) is 9.68. The van der Waals surface area contributed by atoms with E-state index in [9.17, 15) is 4.79 Å². The minimum absolute atomic E-state index is 0.0954. The SMILES string of the molecule is CNC1(C(=O)OC)CCC(N2CCN3CCCC3C2)C1. The number of hydrogen-bond donors (Lipinski definition) is 1. The molecule has 3 rings (SSSR count). The van der Waals surface area contributed by atoms with E-state index in [1.165, 1.54) is 39.6 Å². The van der Waals surface area contributed by atoms with Crippen LogP contribution in [0.5, 0.6) is 0 Å². The van der Waals surface area contributed by atoms with Crippen molar-refractivity contribution in [3.05, 3.63) is 0 Å². The van der Waals surface area contributed by atoms with E-state index >= 15 is 0 Å². The Morgan fingerprint density at radius 1 is 1.20 bits per heavy atom. The van der Waals surface area contributed by atoms with Crippen LogP contribution in [0.4, 0.5) is 0 Å². The van der Waals surface area contributed by atoms with Crippen molar-refractivity contribution >= 4 is 5.97 Å². The average Bonchev–Trinajstić information content (AvgIpc) is 3.12. The predicted octanol–water partition coefficient (Wildman–Crippen LogP) is 0.450. The summed E-state index contributed by atoms with van der Waals surface area (Å²) in [6.45, 7) is 4.82. The van der Waals surface area contributed by atoms with Gasteiger partial charge in [0.2, 0.25) is 0 Å².